The first kappa shape index (κ1) is 12.3. The summed E-state index contributed by atoms with van der Waals surface area (Å²) < 4.78 is 26.0. The molecule has 4 nitrogen and oxygen atoms in total. The molecule has 0 spiro atoms. The summed E-state index contributed by atoms with van der Waals surface area (Å²) in [5.41, 5.74) is 0. The molecule has 0 aromatic heterocycles. The molecule has 0 aromatic rings. The summed E-state index contributed by atoms with van der Waals surface area (Å²) in [7, 11) is -0.0242. The number of hydrogen-bond acceptors (Lipinski definition) is 2. The molecule has 0 heterocycles. The SMILES string of the molecule is C=[C]([Zn][Br])S(=O)(=O)/N=C/N(C)C. The van der Waals surface area contributed by atoms with Crippen LogP contribution in [0.1, 0.15) is 0 Å². The van der Waals surface area contributed by atoms with E-state index in [2.05, 4.69) is 24.6 Å². The van der Waals surface area contributed by atoms with Crippen LogP contribution >= 0.6 is 13.6 Å². The van der Waals surface area contributed by atoms with Crippen LogP contribution in [0.3, 0.4) is 0 Å². The van der Waals surface area contributed by atoms with Gasteiger partial charge in [-0.2, -0.15) is 0 Å². The second-order valence-electron chi connectivity index (χ2n) is 2.33. The fraction of sp³-hybridized carbons (Fsp3) is 0.400. The standard InChI is InChI=1S/C5H9N2O2S.BrH.Zn/c1-4-10(8,9)6-5-7(2)3;;/h5H,1H2,2-3H3;1H;/q;;+1/p-1/b6-5+;;. The molecular weight excluding hydrogens is 297 g/mol. The topological polar surface area (TPSA) is 49.7 Å². The average Bonchev–Trinajstić information content (AvgIpc) is 1.99. The second-order valence-corrected chi connectivity index (χ2v) is 10.4. The van der Waals surface area contributed by atoms with Crippen molar-refractivity contribution < 1.29 is 23.6 Å². The fourth-order valence-corrected chi connectivity index (χ4v) is 6.75. The van der Waals surface area contributed by atoms with Crippen LogP contribution in [0.2, 0.25) is 0 Å². The van der Waals surface area contributed by atoms with E-state index in [-0.39, 0.29) is 3.50 Å². The Bertz CT molecular complexity index is 286. The Kier molecular flexibility index (Phi) is 5.20. The van der Waals surface area contributed by atoms with Crippen LogP contribution in [0.25, 0.3) is 0 Å². The minimum atomic E-state index is -3.44. The van der Waals surface area contributed by atoms with Gasteiger partial charge in [-0.25, -0.2) is 0 Å². The van der Waals surface area contributed by atoms with Gasteiger partial charge in [-0.1, -0.05) is 0 Å². The van der Waals surface area contributed by atoms with E-state index in [4.69, 9.17) is 0 Å². The molecule has 0 amide bonds. The van der Waals surface area contributed by atoms with Crippen LogP contribution in [0.4, 0.5) is 0 Å². The van der Waals surface area contributed by atoms with Crippen molar-refractivity contribution in [3.05, 3.63) is 10.1 Å². The fourth-order valence-electron chi connectivity index (χ4n) is 0.300. The Balaban J connectivity index is 4.56. The molecular formula is C5H9BrN2O2SZn. The first-order valence-electron chi connectivity index (χ1n) is 3.11. The maximum absolute atomic E-state index is 11.2. The van der Waals surface area contributed by atoms with E-state index >= 15 is 0 Å². The van der Waals surface area contributed by atoms with Crippen molar-refractivity contribution in [3.63, 3.8) is 0 Å². The molecule has 0 unspecified atom stereocenters. The quantitative estimate of drug-likeness (QED) is 0.438. The zero-order valence-electron chi connectivity index (χ0n) is 6.99. The van der Waals surface area contributed by atoms with E-state index in [1.807, 2.05) is 0 Å². The van der Waals surface area contributed by atoms with Gasteiger partial charge in [-0.05, 0) is 0 Å². The van der Waals surface area contributed by atoms with Crippen molar-refractivity contribution >= 4 is 30.0 Å². The van der Waals surface area contributed by atoms with Gasteiger partial charge in [0.2, 0.25) is 0 Å². The minimum absolute atomic E-state index is 0.244. The summed E-state index contributed by atoms with van der Waals surface area (Å²) in [6.07, 6.45) is 1.26. The van der Waals surface area contributed by atoms with Gasteiger partial charge in [0.05, 0.1) is 0 Å². The van der Waals surface area contributed by atoms with Crippen molar-refractivity contribution in [1.82, 2.24) is 4.90 Å². The van der Waals surface area contributed by atoms with Crippen LogP contribution < -0.4 is 0 Å². The molecule has 0 rings (SSSR count). The molecule has 0 bridgehead atoms. The van der Waals surface area contributed by atoms with E-state index in [0.29, 0.717) is 0 Å². The van der Waals surface area contributed by atoms with Gasteiger partial charge in [0.15, 0.2) is 0 Å². The monoisotopic (exact) mass is 304 g/mol. The van der Waals surface area contributed by atoms with Gasteiger partial charge in [0, 0.05) is 0 Å². The Labute approximate surface area is 86.7 Å². The zero-order chi connectivity index (χ0) is 9.78. The number of nitrogens with zero attached hydrogens (tertiary/aromatic N) is 2. The molecule has 0 saturated carbocycles. The van der Waals surface area contributed by atoms with Crippen molar-refractivity contribution in [2.75, 3.05) is 14.1 Å². The van der Waals surface area contributed by atoms with Crippen molar-refractivity contribution in [1.29, 1.82) is 0 Å². The Morgan fingerprint density at radius 1 is 1.67 bits per heavy atom. The predicted molar refractivity (Wildman–Crippen MR) is 49.2 cm³/mol. The van der Waals surface area contributed by atoms with Crippen molar-refractivity contribution in [2.45, 2.75) is 0 Å². The molecule has 0 aromatic carbocycles. The third-order valence-corrected chi connectivity index (χ3v) is 11.1. The van der Waals surface area contributed by atoms with Gasteiger partial charge in [0.1, 0.15) is 0 Å². The summed E-state index contributed by atoms with van der Waals surface area (Å²) >= 11 is 1.87. The predicted octanol–water partition coefficient (Wildman–Crippen LogP) is 0.770. The van der Waals surface area contributed by atoms with Gasteiger partial charge < -0.3 is 0 Å². The normalized spacial score (nSPS) is 11.2. The summed E-state index contributed by atoms with van der Waals surface area (Å²) in [6.45, 7) is 3.44. The molecule has 7 heteroatoms. The molecule has 0 aliphatic heterocycles. The molecule has 0 radical (unpaired) electrons. The van der Waals surface area contributed by atoms with Crippen LogP contribution in [-0.4, -0.2) is 33.8 Å². The molecule has 66 valence electrons. The van der Waals surface area contributed by atoms with E-state index in [0.717, 1.165) is 0 Å². The van der Waals surface area contributed by atoms with E-state index in [1.165, 1.54) is 6.34 Å². The molecule has 12 heavy (non-hydrogen) atoms. The number of rotatable bonds is 4. The number of sulfonamides is 1. The van der Waals surface area contributed by atoms with Crippen LogP contribution in [0.5, 0.6) is 0 Å². The molecule has 0 saturated heterocycles. The van der Waals surface area contributed by atoms with Crippen molar-refractivity contribution in [3.8, 4) is 0 Å². The molecule has 0 aliphatic rings. The van der Waals surface area contributed by atoms with E-state index in [1.54, 1.807) is 19.0 Å². The third kappa shape index (κ3) is 4.33. The van der Waals surface area contributed by atoms with E-state index in [9.17, 15) is 8.42 Å². The second kappa shape index (κ2) is 5.09. The van der Waals surface area contributed by atoms with Crippen LogP contribution in [-0.2, 0) is 25.2 Å². The average molecular weight is 307 g/mol. The van der Waals surface area contributed by atoms with Crippen LogP contribution in [0.15, 0.2) is 14.5 Å². The van der Waals surface area contributed by atoms with Gasteiger partial charge in [-0.3, -0.25) is 0 Å². The van der Waals surface area contributed by atoms with Crippen LogP contribution in [0, 0.1) is 0 Å². The Hall–Kier alpha value is 0.263. The Morgan fingerprint density at radius 2 is 2.17 bits per heavy atom. The first-order chi connectivity index (χ1) is 5.40. The van der Waals surface area contributed by atoms with Gasteiger partial charge in [0.25, 0.3) is 0 Å². The maximum atomic E-state index is 11.2. The molecule has 0 aliphatic carbocycles. The zero-order valence-corrected chi connectivity index (χ0v) is 12.4. The first-order valence-corrected chi connectivity index (χ1v) is 13.0. The van der Waals surface area contributed by atoms with Crippen molar-refractivity contribution in [2.24, 2.45) is 4.40 Å². The van der Waals surface area contributed by atoms with Gasteiger partial charge in [-0.15, -0.1) is 0 Å². The number of halogens is 1. The summed E-state index contributed by atoms with van der Waals surface area (Å²) in [5.74, 6) is 0. The van der Waals surface area contributed by atoms with E-state index < -0.39 is 25.2 Å². The third-order valence-electron chi connectivity index (χ3n) is 0.931. The van der Waals surface area contributed by atoms with Gasteiger partial charge >= 0.3 is 87.0 Å². The number of hydrogen-bond donors (Lipinski definition) is 0. The summed E-state index contributed by atoms with van der Waals surface area (Å²) in [6, 6.07) is 0. The molecule has 0 atom stereocenters. The summed E-state index contributed by atoms with van der Waals surface area (Å²) in [4.78, 5) is 1.56. The Morgan fingerprint density at radius 3 is 2.50 bits per heavy atom. The molecule has 0 N–H and O–H groups in total. The summed E-state index contributed by atoms with van der Waals surface area (Å²) in [5, 5.41) is 0. The molecule has 0 fully saturated rings.